The molecule has 1 N–H and O–H groups in total. The van der Waals surface area contributed by atoms with E-state index in [0.29, 0.717) is 13.2 Å². The lowest BCUT2D eigenvalue weighted by atomic mass is 9.96. The number of fused-ring (bicyclic) bond motifs is 1. The van der Waals surface area contributed by atoms with Gasteiger partial charge < -0.3 is 10.1 Å². The highest BCUT2D eigenvalue weighted by Crippen LogP contribution is 2.26. The molecule has 98 valence electrons. The normalized spacial score (nSPS) is 17.4. The third-order valence-electron chi connectivity index (χ3n) is 3.27. The van der Waals surface area contributed by atoms with Crippen LogP contribution in [0.4, 0.5) is 0 Å². The van der Waals surface area contributed by atoms with Gasteiger partial charge in [-0.15, -0.1) is 11.3 Å². The first-order valence-electron chi connectivity index (χ1n) is 6.34. The summed E-state index contributed by atoms with van der Waals surface area (Å²) in [6, 6.07) is 11.9. The summed E-state index contributed by atoms with van der Waals surface area (Å²) in [6.45, 7) is 1.07. The second-order valence-electron chi connectivity index (χ2n) is 4.62. The molecule has 1 aliphatic heterocycles. The Labute approximate surface area is 116 Å². The Kier molecular flexibility index (Phi) is 3.51. The number of nitrogens with one attached hydrogen (secondary N) is 1. The minimum Gasteiger partial charge on any atom is -0.492 e. The zero-order valence-electron chi connectivity index (χ0n) is 10.5. The molecule has 1 atom stereocenters. The van der Waals surface area contributed by atoms with Gasteiger partial charge in [-0.1, -0.05) is 24.3 Å². The van der Waals surface area contributed by atoms with E-state index in [2.05, 4.69) is 5.32 Å². The van der Waals surface area contributed by atoms with E-state index in [1.807, 2.05) is 41.8 Å². The molecular weight excluding hydrogens is 258 g/mol. The lowest BCUT2D eigenvalue weighted by Gasteiger charge is -2.24. The maximum absolute atomic E-state index is 12.1. The Bertz CT molecular complexity index is 565. The van der Waals surface area contributed by atoms with Gasteiger partial charge in [0.05, 0.1) is 12.5 Å². The molecule has 4 heteroatoms. The third kappa shape index (κ3) is 2.79. The van der Waals surface area contributed by atoms with E-state index in [9.17, 15) is 4.79 Å². The van der Waals surface area contributed by atoms with Crippen LogP contribution in [0.2, 0.25) is 0 Å². The molecule has 1 aliphatic rings. The van der Waals surface area contributed by atoms with Gasteiger partial charge in [0, 0.05) is 4.88 Å². The van der Waals surface area contributed by atoms with E-state index >= 15 is 0 Å². The molecule has 0 saturated carbocycles. The van der Waals surface area contributed by atoms with E-state index in [1.54, 1.807) is 11.3 Å². The maximum Gasteiger partial charge on any atom is 0.227 e. The van der Waals surface area contributed by atoms with Crippen molar-refractivity contribution in [1.82, 2.24) is 5.32 Å². The molecule has 0 bridgehead atoms. The smallest absolute Gasteiger partial charge is 0.227 e. The lowest BCUT2D eigenvalue weighted by Crippen LogP contribution is -2.36. The van der Waals surface area contributed by atoms with Crippen LogP contribution in [0.3, 0.4) is 0 Å². The molecule has 3 nitrogen and oxygen atoms in total. The molecular formula is C15H15NO2S. The number of amides is 1. The van der Waals surface area contributed by atoms with Gasteiger partial charge in [-0.3, -0.25) is 4.79 Å². The highest BCUT2D eigenvalue weighted by Gasteiger charge is 2.25. The van der Waals surface area contributed by atoms with Crippen LogP contribution in [0.15, 0.2) is 41.8 Å². The minimum atomic E-state index is -0.0881. The van der Waals surface area contributed by atoms with Crippen LogP contribution in [-0.4, -0.2) is 12.5 Å². The van der Waals surface area contributed by atoms with Gasteiger partial charge in [-0.2, -0.15) is 0 Å². The van der Waals surface area contributed by atoms with Crippen LogP contribution in [0.5, 0.6) is 5.75 Å². The Morgan fingerprint density at radius 1 is 1.32 bits per heavy atom. The molecule has 2 aromatic rings. The standard InChI is InChI=1S/C15H15NO2S/c17-15(16-9-13-5-3-7-19-13)12-8-11-4-1-2-6-14(11)18-10-12/h1-7,12H,8-10H2,(H,16,17)/t12-/m0/s1. The van der Waals surface area contributed by atoms with E-state index in [1.165, 1.54) is 4.88 Å². The molecule has 1 aromatic carbocycles. The summed E-state index contributed by atoms with van der Waals surface area (Å²) in [5.41, 5.74) is 1.12. The van der Waals surface area contributed by atoms with Gasteiger partial charge in [0.2, 0.25) is 5.91 Å². The van der Waals surface area contributed by atoms with Crippen LogP contribution >= 0.6 is 11.3 Å². The van der Waals surface area contributed by atoms with Gasteiger partial charge in [0.25, 0.3) is 0 Å². The fourth-order valence-electron chi connectivity index (χ4n) is 2.23. The minimum absolute atomic E-state index is 0.0721. The van der Waals surface area contributed by atoms with Crippen molar-refractivity contribution in [3.05, 3.63) is 52.2 Å². The first kappa shape index (κ1) is 12.2. The van der Waals surface area contributed by atoms with Crippen LogP contribution in [0.25, 0.3) is 0 Å². The van der Waals surface area contributed by atoms with Gasteiger partial charge in [0.15, 0.2) is 0 Å². The first-order chi connectivity index (χ1) is 9.33. The SMILES string of the molecule is O=C(NCc1cccs1)[C@@H]1COc2ccccc2C1. The number of rotatable bonds is 3. The van der Waals surface area contributed by atoms with Crippen molar-refractivity contribution < 1.29 is 9.53 Å². The summed E-state index contributed by atoms with van der Waals surface area (Å²) >= 11 is 1.65. The van der Waals surface area contributed by atoms with Crippen LogP contribution in [0, 0.1) is 5.92 Å². The summed E-state index contributed by atoms with van der Waals surface area (Å²) < 4.78 is 5.64. The van der Waals surface area contributed by atoms with E-state index in [4.69, 9.17) is 4.74 Å². The number of benzene rings is 1. The monoisotopic (exact) mass is 273 g/mol. The predicted octanol–water partition coefficient (Wildman–Crippen LogP) is 2.62. The molecule has 0 unspecified atom stereocenters. The topological polar surface area (TPSA) is 38.3 Å². The van der Waals surface area contributed by atoms with Gasteiger partial charge in [-0.25, -0.2) is 0 Å². The zero-order chi connectivity index (χ0) is 13.1. The average molecular weight is 273 g/mol. The largest absolute Gasteiger partial charge is 0.492 e. The van der Waals surface area contributed by atoms with Crippen LogP contribution in [0.1, 0.15) is 10.4 Å². The Morgan fingerprint density at radius 3 is 3.05 bits per heavy atom. The summed E-state index contributed by atoms with van der Waals surface area (Å²) in [5, 5.41) is 4.99. The van der Waals surface area contributed by atoms with E-state index in [0.717, 1.165) is 17.7 Å². The molecule has 2 heterocycles. The first-order valence-corrected chi connectivity index (χ1v) is 7.21. The number of hydrogen-bond donors (Lipinski definition) is 1. The lowest BCUT2D eigenvalue weighted by molar-refractivity contribution is -0.126. The molecule has 0 aliphatic carbocycles. The van der Waals surface area contributed by atoms with Crippen molar-refractivity contribution in [3.63, 3.8) is 0 Å². The second kappa shape index (κ2) is 5.45. The van der Waals surface area contributed by atoms with Crippen molar-refractivity contribution in [2.45, 2.75) is 13.0 Å². The molecule has 0 spiro atoms. The Balaban J connectivity index is 1.60. The van der Waals surface area contributed by atoms with Gasteiger partial charge in [0.1, 0.15) is 12.4 Å². The third-order valence-corrected chi connectivity index (χ3v) is 4.14. The summed E-state index contributed by atoms with van der Waals surface area (Å²) in [6.07, 6.45) is 0.756. The average Bonchev–Trinajstić information content (AvgIpc) is 2.97. The van der Waals surface area contributed by atoms with Gasteiger partial charge in [-0.05, 0) is 29.5 Å². The Morgan fingerprint density at radius 2 is 2.21 bits per heavy atom. The summed E-state index contributed by atoms with van der Waals surface area (Å²) in [5.74, 6) is 0.891. The number of para-hydroxylation sites is 1. The number of thiophene rings is 1. The number of hydrogen-bond acceptors (Lipinski definition) is 3. The highest BCUT2D eigenvalue weighted by molar-refractivity contribution is 7.09. The molecule has 3 rings (SSSR count). The molecule has 1 aromatic heterocycles. The predicted molar refractivity (Wildman–Crippen MR) is 75.3 cm³/mol. The van der Waals surface area contributed by atoms with Crippen molar-refractivity contribution >= 4 is 17.2 Å². The highest BCUT2D eigenvalue weighted by atomic mass is 32.1. The number of carbonyl (C=O) groups is 1. The van der Waals surface area contributed by atoms with Crippen molar-refractivity contribution in [2.24, 2.45) is 5.92 Å². The van der Waals surface area contributed by atoms with Crippen molar-refractivity contribution in [2.75, 3.05) is 6.61 Å². The number of carbonyl (C=O) groups excluding carboxylic acids is 1. The molecule has 0 fully saturated rings. The fourth-order valence-corrected chi connectivity index (χ4v) is 2.87. The summed E-state index contributed by atoms with van der Waals surface area (Å²) in [7, 11) is 0. The maximum atomic E-state index is 12.1. The Hall–Kier alpha value is -1.81. The fraction of sp³-hybridized carbons (Fsp3) is 0.267. The molecule has 19 heavy (non-hydrogen) atoms. The molecule has 0 radical (unpaired) electrons. The van der Waals surface area contributed by atoms with Gasteiger partial charge >= 0.3 is 0 Å². The van der Waals surface area contributed by atoms with Crippen molar-refractivity contribution in [1.29, 1.82) is 0 Å². The van der Waals surface area contributed by atoms with E-state index in [-0.39, 0.29) is 11.8 Å². The number of ether oxygens (including phenoxy) is 1. The van der Waals surface area contributed by atoms with Crippen molar-refractivity contribution in [3.8, 4) is 5.75 Å². The second-order valence-corrected chi connectivity index (χ2v) is 5.65. The quantitative estimate of drug-likeness (QED) is 0.933. The summed E-state index contributed by atoms with van der Waals surface area (Å²) in [4.78, 5) is 13.3. The molecule has 0 saturated heterocycles. The zero-order valence-corrected chi connectivity index (χ0v) is 11.3. The van der Waals surface area contributed by atoms with Crippen LogP contribution in [-0.2, 0) is 17.8 Å². The molecule has 1 amide bonds. The van der Waals surface area contributed by atoms with Crippen LogP contribution < -0.4 is 10.1 Å². The van der Waals surface area contributed by atoms with E-state index < -0.39 is 0 Å².